The Bertz CT molecular complexity index is 738. The van der Waals surface area contributed by atoms with E-state index < -0.39 is 24.1 Å². The summed E-state index contributed by atoms with van der Waals surface area (Å²) in [4.78, 5) is 24.9. The van der Waals surface area contributed by atoms with Crippen LogP contribution in [-0.2, 0) is 4.74 Å². The lowest BCUT2D eigenvalue weighted by Crippen LogP contribution is -2.36. The van der Waals surface area contributed by atoms with Crippen molar-refractivity contribution in [2.75, 3.05) is 18.0 Å². The van der Waals surface area contributed by atoms with E-state index >= 15 is 0 Å². The van der Waals surface area contributed by atoms with E-state index in [0.29, 0.717) is 11.4 Å². The zero-order valence-corrected chi connectivity index (χ0v) is 12.6. The summed E-state index contributed by atoms with van der Waals surface area (Å²) in [5.41, 5.74) is 0.411. The van der Waals surface area contributed by atoms with Gasteiger partial charge in [-0.1, -0.05) is 24.3 Å². The third-order valence-electron chi connectivity index (χ3n) is 3.42. The molecule has 0 aromatic heterocycles. The fraction of sp³-hybridized carbons (Fsp3) is 0.176. The van der Waals surface area contributed by atoms with E-state index in [1.165, 1.54) is 23.1 Å². The first kappa shape index (κ1) is 15.8. The summed E-state index contributed by atoms with van der Waals surface area (Å²) in [5, 5.41) is 2.54. The number of carbonyl (C=O) groups is 2. The van der Waals surface area contributed by atoms with Gasteiger partial charge in [0, 0.05) is 0 Å². The largest absolute Gasteiger partial charge is 0.442 e. The number of amides is 2. The highest BCUT2D eigenvalue weighted by Crippen LogP contribution is 2.22. The maximum absolute atomic E-state index is 13.3. The molecular formula is C17H15FN2O4. The predicted molar refractivity (Wildman–Crippen MR) is 84.5 cm³/mol. The third kappa shape index (κ3) is 3.81. The van der Waals surface area contributed by atoms with E-state index in [2.05, 4.69) is 5.32 Å². The van der Waals surface area contributed by atoms with Crippen molar-refractivity contribution >= 4 is 17.9 Å². The lowest BCUT2D eigenvalue weighted by Gasteiger charge is -2.13. The predicted octanol–water partition coefficient (Wildman–Crippen LogP) is 2.94. The van der Waals surface area contributed by atoms with E-state index in [1.807, 2.05) is 6.07 Å². The molecule has 24 heavy (non-hydrogen) atoms. The van der Waals surface area contributed by atoms with Crippen LogP contribution in [0.4, 0.5) is 19.7 Å². The maximum Gasteiger partial charge on any atom is 0.414 e. The van der Waals surface area contributed by atoms with Gasteiger partial charge in [-0.05, 0) is 30.3 Å². The molecule has 1 unspecified atom stereocenters. The van der Waals surface area contributed by atoms with Crippen LogP contribution >= 0.6 is 0 Å². The number of benzene rings is 2. The van der Waals surface area contributed by atoms with Crippen molar-refractivity contribution in [3.05, 3.63) is 60.4 Å². The second-order valence-corrected chi connectivity index (χ2v) is 5.18. The van der Waals surface area contributed by atoms with Crippen LogP contribution in [0, 0.1) is 5.82 Å². The fourth-order valence-electron chi connectivity index (χ4n) is 2.31. The second kappa shape index (κ2) is 6.99. The molecule has 2 amide bonds. The van der Waals surface area contributed by atoms with Crippen LogP contribution in [0.5, 0.6) is 5.75 Å². The Morgan fingerprint density at radius 2 is 2.04 bits per heavy atom. The Morgan fingerprint density at radius 1 is 1.25 bits per heavy atom. The molecule has 0 aliphatic carbocycles. The van der Waals surface area contributed by atoms with Crippen molar-refractivity contribution in [1.29, 1.82) is 0 Å². The first-order valence-electron chi connectivity index (χ1n) is 7.36. The number of cyclic esters (lactones) is 1. The summed E-state index contributed by atoms with van der Waals surface area (Å²) in [5.74, 6) is -0.0203. The lowest BCUT2D eigenvalue weighted by molar-refractivity contribution is 0.137. The highest BCUT2D eigenvalue weighted by molar-refractivity contribution is 5.89. The smallest absolute Gasteiger partial charge is 0.414 e. The Labute approximate surface area is 137 Å². The molecule has 0 bridgehead atoms. The Balaban J connectivity index is 1.52. The zero-order chi connectivity index (χ0) is 16.9. The Kier molecular flexibility index (Phi) is 4.60. The molecule has 0 radical (unpaired) electrons. The van der Waals surface area contributed by atoms with Gasteiger partial charge in [-0.2, -0.15) is 0 Å². The van der Waals surface area contributed by atoms with Gasteiger partial charge in [0.1, 0.15) is 17.7 Å². The lowest BCUT2D eigenvalue weighted by atomic mass is 10.2. The van der Waals surface area contributed by atoms with Crippen molar-refractivity contribution in [2.45, 2.75) is 6.10 Å². The monoisotopic (exact) mass is 330 g/mol. The second-order valence-electron chi connectivity index (χ2n) is 5.18. The van der Waals surface area contributed by atoms with E-state index in [1.54, 1.807) is 30.3 Å². The minimum absolute atomic E-state index is 0.100. The SMILES string of the molecule is O=C(NCC1CN(c2cccc(F)c2)C(=O)O1)Oc1ccccc1. The Morgan fingerprint density at radius 3 is 2.79 bits per heavy atom. The first-order valence-corrected chi connectivity index (χ1v) is 7.36. The minimum atomic E-state index is -0.638. The third-order valence-corrected chi connectivity index (χ3v) is 3.42. The number of hydrogen-bond donors (Lipinski definition) is 1. The normalized spacial score (nSPS) is 16.6. The molecule has 124 valence electrons. The van der Waals surface area contributed by atoms with Gasteiger partial charge in [0.25, 0.3) is 0 Å². The van der Waals surface area contributed by atoms with Crippen molar-refractivity contribution < 1.29 is 23.5 Å². The number of anilines is 1. The van der Waals surface area contributed by atoms with Crippen molar-refractivity contribution in [3.8, 4) is 5.75 Å². The van der Waals surface area contributed by atoms with E-state index in [-0.39, 0.29) is 13.1 Å². The number of carbonyl (C=O) groups excluding carboxylic acids is 2. The molecule has 1 aliphatic rings. The number of halogens is 1. The molecule has 1 saturated heterocycles. The highest BCUT2D eigenvalue weighted by atomic mass is 19.1. The van der Waals surface area contributed by atoms with Crippen LogP contribution in [0.2, 0.25) is 0 Å². The molecule has 0 spiro atoms. The van der Waals surface area contributed by atoms with Crippen LogP contribution in [0.3, 0.4) is 0 Å². The average molecular weight is 330 g/mol. The molecule has 2 aromatic carbocycles. The van der Waals surface area contributed by atoms with Gasteiger partial charge < -0.3 is 14.8 Å². The summed E-state index contributed by atoms with van der Waals surface area (Å²) in [6.07, 6.45) is -1.76. The van der Waals surface area contributed by atoms with Gasteiger partial charge >= 0.3 is 12.2 Å². The Hall–Kier alpha value is -3.09. The molecule has 0 saturated carbocycles. The molecule has 3 rings (SSSR count). The van der Waals surface area contributed by atoms with Crippen molar-refractivity contribution in [3.63, 3.8) is 0 Å². The topological polar surface area (TPSA) is 67.9 Å². The number of nitrogens with zero attached hydrogens (tertiary/aromatic N) is 1. The average Bonchev–Trinajstić information content (AvgIpc) is 2.95. The van der Waals surface area contributed by atoms with E-state index in [9.17, 15) is 14.0 Å². The number of rotatable bonds is 4. The summed E-state index contributed by atoms with van der Waals surface area (Å²) in [7, 11) is 0. The van der Waals surface area contributed by atoms with Crippen LogP contribution in [0.15, 0.2) is 54.6 Å². The number of para-hydroxylation sites is 1. The van der Waals surface area contributed by atoms with E-state index in [4.69, 9.17) is 9.47 Å². The zero-order valence-electron chi connectivity index (χ0n) is 12.6. The van der Waals surface area contributed by atoms with Crippen molar-refractivity contribution in [2.24, 2.45) is 0 Å². The summed E-state index contributed by atoms with van der Waals surface area (Å²) in [6.45, 7) is 0.317. The number of hydrogen-bond acceptors (Lipinski definition) is 4. The van der Waals surface area contributed by atoms with Gasteiger partial charge in [0.15, 0.2) is 0 Å². The maximum atomic E-state index is 13.3. The number of nitrogens with one attached hydrogen (secondary N) is 1. The van der Waals surface area contributed by atoms with E-state index in [0.717, 1.165) is 0 Å². The van der Waals surface area contributed by atoms with Gasteiger partial charge in [0.05, 0.1) is 18.8 Å². The molecule has 1 atom stereocenters. The van der Waals surface area contributed by atoms with Gasteiger partial charge in [-0.3, -0.25) is 4.90 Å². The standard InChI is InChI=1S/C17H15FN2O4/c18-12-5-4-6-13(9-12)20-11-15(24-17(20)22)10-19-16(21)23-14-7-2-1-3-8-14/h1-9,15H,10-11H2,(H,19,21). The van der Waals surface area contributed by atoms with Crippen LogP contribution < -0.4 is 15.0 Å². The van der Waals surface area contributed by atoms with Gasteiger partial charge in [-0.15, -0.1) is 0 Å². The highest BCUT2D eigenvalue weighted by Gasteiger charge is 2.32. The molecule has 1 N–H and O–H groups in total. The molecule has 1 heterocycles. The summed E-state index contributed by atoms with van der Waals surface area (Å²) >= 11 is 0. The van der Waals surface area contributed by atoms with Gasteiger partial charge in [0.2, 0.25) is 0 Å². The summed E-state index contributed by atoms with van der Waals surface area (Å²) in [6, 6.07) is 14.3. The van der Waals surface area contributed by atoms with Gasteiger partial charge in [-0.25, -0.2) is 14.0 Å². The minimum Gasteiger partial charge on any atom is -0.442 e. The molecule has 7 heteroatoms. The molecular weight excluding hydrogens is 315 g/mol. The van der Waals surface area contributed by atoms with Crippen LogP contribution in [0.25, 0.3) is 0 Å². The quantitative estimate of drug-likeness (QED) is 0.936. The fourth-order valence-corrected chi connectivity index (χ4v) is 2.31. The molecule has 2 aromatic rings. The van der Waals surface area contributed by atoms with Crippen LogP contribution in [-0.4, -0.2) is 31.4 Å². The van der Waals surface area contributed by atoms with Crippen LogP contribution in [0.1, 0.15) is 0 Å². The molecule has 6 nitrogen and oxygen atoms in total. The molecule has 1 aliphatic heterocycles. The molecule has 1 fully saturated rings. The summed E-state index contributed by atoms with van der Waals surface area (Å²) < 4.78 is 23.5. The number of ether oxygens (including phenoxy) is 2. The van der Waals surface area contributed by atoms with Crippen molar-refractivity contribution in [1.82, 2.24) is 5.32 Å². The first-order chi connectivity index (χ1) is 11.6.